The number of rotatable bonds is 3. The SMILES string of the molecule is CNC(=O)C(O)c1ccc2c(c1F)C=C(C=O)C2. The number of amides is 1. The van der Waals surface area contributed by atoms with Gasteiger partial charge in [-0.1, -0.05) is 12.1 Å². The zero-order chi connectivity index (χ0) is 13.3. The molecule has 0 bridgehead atoms. The first-order valence-corrected chi connectivity index (χ1v) is 5.45. The van der Waals surface area contributed by atoms with Gasteiger partial charge in [0.15, 0.2) is 6.10 Å². The Morgan fingerprint density at radius 1 is 1.56 bits per heavy atom. The van der Waals surface area contributed by atoms with E-state index in [4.69, 9.17) is 0 Å². The van der Waals surface area contributed by atoms with Crippen molar-refractivity contribution in [3.05, 3.63) is 40.2 Å². The Hall–Kier alpha value is -2.01. The third-order valence-corrected chi connectivity index (χ3v) is 2.96. The van der Waals surface area contributed by atoms with Gasteiger partial charge in [0.1, 0.15) is 12.1 Å². The molecule has 0 fully saturated rings. The number of allylic oxidation sites excluding steroid dienone is 1. The summed E-state index contributed by atoms with van der Waals surface area (Å²) in [6.07, 6.45) is 0.951. The number of fused-ring (bicyclic) bond motifs is 1. The summed E-state index contributed by atoms with van der Waals surface area (Å²) in [6, 6.07) is 2.99. The van der Waals surface area contributed by atoms with Crippen LogP contribution in [-0.4, -0.2) is 24.3 Å². The summed E-state index contributed by atoms with van der Waals surface area (Å²) >= 11 is 0. The fourth-order valence-corrected chi connectivity index (χ4v) is 1.98. The quantitative estimate of drug-likeness (QED) is 0.777. The summed E-state index contributed by atoms with van der Waals surface area (Å²) in [6.45, 7) is 0. The Balaban J connectivity index is 2.45. The summed E-state index contributed by atoms with van der Waals surface area (Å²) in [5.41, 5.74) is 1.35. The highest BCUT2D eigenvalue weighted by molar-refractivity contribution is 5.87. The molecule has 94 valence electrons. The molecule has 18 heavy (non-hydrogen) atoms. The summed E-state index contributed by atoms with van der Waals surface area (Å²) in [5.74, 6) is -1.33. The van der Waals surface area contributed by atoms with Gasteiger partial charge < -0.3 is 10.4 Å². The Labute approximate surface area is 103 Å². The normalized spacial score (nSPS) is 14.7. The van der Waals surface area contributed by atoms with Gasteiger partial charge in [0.25, 0.3) is 5.91 Å². The van der Waals surface area contributed by atoms with E-state index >= 15 is 0 Å². The van der Waals surface area contributed by atoms with Gasteiger partial charge in [-0.3, -0.25) is 9.59 Å². The predicted octanol–water partition coefficient (Wildman–Crippen LogP) is 0.743. The molecular formula is C13H12FNO3. The minimum atomic E-state index is -1.55. The van der Waals surface area contributed by atoms with E-state index in [2.05, 4.69) is 5.32 Å². The average Bonchev–Trinajstić information content (AvgIpc) is 2.81. The lowest BCUT2D eigenvalue weighted by atomic mass is 10.0. The smallest absolute Gasteiger partial charge is 0.253 e. The highest BCUT2D eigenvalue weighted by atomic mass is 19.1. The fourth-order valence-electron chi connectivity index (χ4n) is 1.98. The van der Waals surface area contributed by atoms with Crippen LogP contribution in [0.5, 0.6) is 0 Å². The highest BCUT2D eigenvalue weighted by Crippen LogP contribution is 2.30. The van der Waals surface area contributed by atoms with Gasteiger partial charge in [-0.05, 0) is 17.2 Å². The molecule has 2 rings (SSSR count). The molecular weight excluding hydrogens is 237 g/mol. The van der Waals surface area contributed by atoms with Gasteiger partial charge in [-0.2, -0.15) is 0 Å². The van der Waals surface area contributed by atoms with E-state index in [-0.39, 0.29) is 11.1 Å². The third kappa shape index (κ3) is 1.93. The molecule has 0 heterocycles. The van der Waals surface area contributed by atoms with Crippen molar-refractivity contribution >= 4 is 18.3 Å². The largest absolute Gasteiger partial charge is 0.378 e. The molecule has 0 radical (unpaired) electrons. The van der Waals surface area contributed by atoms with Crippen LogP contribution in [0, 0.1) is 5.82 Å². The lowest BCUT2D eigenvalue weighted by Crippen LogP contribution is -2.26. The average molecular weight is 249 g/mol. The topological polar surface area (TPSA) is 66.4 Å². The number of carbonyl (C=O) groups excluding carboxylic acids is 2. The first kappa shape index (κ1) is 12.4. The molecule has 1 atom stereocenters. The lowest BCUT2D eigenvalue weighted by Gasteiger charge is -2.12. The van der Waals surface area contributed by atoms with E-state index in [1.165, 1.54) is 19.2 Å². The molecule has 1 aromatic carbocycles. The monoisotopic (exact) mass is 249 g/mol. The van der Waals surface area contributed by atoms with Gasteiger partial charge >= 0.3 is 0 Å². The summed E-state index contributed by atoms with van der Waals surface area (Å²) in [4.78, 5) is 21.9. The van der Waals surface area contributed by atoms with Crippen LogP contribution in [0.4, 0.5) is 4.39 Å². The second-order valence-corrected chi connectivity index (χ2v) is 4.07. The molecule has 0 aliphatic heterocycles. The number of aldehydes is 1. The molecule has 0 saturated heterocycles. The number of halogens is 1. The van der Waals surface area contributed by atoms with Gasteiger partial charge in [-0.15, -0.1) is 0 Å². The molecule has 1 amide bonds. The van der Waals surface area contributed by atoms with Gasteiger partial charge in [0.05, 0.1) is 0 Å². The number of aliphatic hydroxyl groups is 1. The molecule has 1 aromatic rings. The number of nitrogens with one attached hydrogen (secondary N) is 1. The molecule has 4 nitrogen and oxygen atoms in total. The number of likely N-dealkylation sites (N-methyl/N-ethyl adjacent to an activating group) is 1. The van der Waals surface area contributed by atoms with Crippen LogP contribution < -0.4 is 5.32 Å². The Morgan fingerprint density at radius 3 is 2.89 bits per heavy atom. The molecule has 0 spiro atoms. The van der Waals surface area contributed by atoms with Crippen molar-refractivity contribution in [2.24, 2.45) is 0 Å². The van der Waals surface area contributed by atoms with Crippen molar-refractivity contribution in [1.82, 2.24) is 5.32 Å². The van der Waals surface area contributed by atoms with Crippen LogP contribution in [0.25, 0.3) is 6.08 Å². The van der Waals surface area contributed by atoms with Crippen molar-refractivity contribution < 1.29 is 19.1 Å². The molecule has 1 aliphatic carbocycles. The predicted molar refractivity (Wildman–Crippen MR) is 63.2 cm³/mol. The maximum Gasteiger partial charge on any atom is 0.253 e. The first-order valence-electron chi connectivity index (χ1n) is 5.45. The van der Waals surface area contributed by atoms with Crippen molar-refractivity contribution in [2.45, 2.75) is 12.5 Å². The van der Waals surface area contributed by atoms with Crippen LogP contribution in [0.1, 0.15) is 22.8 Å². The van der Waals surface area contributed by atoms with E-state index in [1.54, 1.807) is 6.07 Å². The molecule has 5 heteroatoms. The number of hydrogen-bond donors (Lipinski definition) is 2. The molecule has 1 unspecified atom stereocenters. The van der Waals surface area contributed by atoms with Crippen LogP contribution in [0.3, 0.4) is 0 Å². The van der Waals surface area contributed by atoms with Crippen LogP contribution in [0.2, 0.25) is 0 Å². The minimum Gasteiger partial charge on any atom is -0.378 e. The number of aliphatic hydroxyl groups excluding tert-OH is 1. The first-order chi connectivity index (χ1) is 8.58. The Kier molecular flexibility index (Phi) is 3.25. The van der Waals surface area contributed by atoms with Crippen molar-refractivity contribution in [3.8, 4) is 0 Å². The van der Waals surface area contributed by atoms with Crippen molar-refractivity contribution in [2.75, 3.05) is 7.05 Å². The van der Waals surface area contributed by atoms with Gasteiger partial charge in [0, 0.05) is 24.6 Å². The minimum absolute atomic E-state index is 0.0866. The number of carbonyl (C=O) groups is 2. The lowest BCUT2D eigenvalue weighted by molar-refractivity contribution is -0.129. The molecule has 0 aromatic heterocycles. The van der Waals surface area contributed by atoms with E-state index < -0.39 is 17.8 Å². The van der Waals surface area contributed by atoms with E-state index in [0.717, 1.165) is 0 Å². The second-order valence-electron chi connectivity index (χ2n) is 4.07. The molecule has 2 N–H and O–H groups in total. The van der Waals surface area contributed by atoms with Gasteiger partial charge in [-0.25, -0.2) is 4.39 Å². The van der Waals surface area contributed by atoms with Crippen LogP contribution >= 0.6 is 0 Å². The van der Waals surface area contributed by atoms with Crippen LogP contribution in [0.15, 0.2) is 17.7 Å². The zero-order valence-corrected chi connectivity index (χ0v) is 9.74. The number of benzene rings is 1. The Morgan fingerprint density at radius 2 is 2.28 bits per heavy atom. The zero-order valence-electron chi connectivity index (χ0n) is 9.74. The Bertz CT molecular complexity index is 551. The summed E-state index contributed by atoms with van der Waals surface area (Å²) in [7, 11) is 1.36. The second kappa shape index (κ2) is 4.70. The van der Waals surface area contributed by atoms with E-state index in [9.17, 15) is 19.1 Å². The summed E-state index contributed by atoms with van der Waals surface area (Å²) < 4.78 is 14.1. The van der Waals surface area contributed by atoms with Crippen LogP contribution in [-0.2, 0) is 16.0 Å². The molecule has 0 saturated carbocycles. The number of hydrogen-bond acceptors (Lipinski definition) is 3. The maximum atomic E-state index is 14.1. The maximum absolute atomic E-state index is 14.1. The molecule has 1 aliphatic rings. The van der Waals surface area contributed by atoms with E-state index in [1.807, 2.05) is 0 Å². The highest BCUT2D eigenvalue weighted by Gasteiger charge is 2.24. The van der Waals surface area contributed by atoms with E-state index in [0.29, 0.717) is 23.8 Å². The fraction of sp³-hybridized carbons (Fsp3) is 0.231. The van der Waals surface area contributed by atoms with Crippen molar-refractivity contribution in [1.29, 1.82) is 0 Å². The third-order valence-electron chi connectivity index (χ3n) is 2.96. The summed E-state index contributed by atoms with van der Waals surface area (Å²) in [5, 5.41) is 11.9. The van der Waals surface area contributed by atoms with Gasteiger partial charge in [0.2, 0.25) is 0 Å². The standard InChI is InChI=1S/C13H12FNO3/c1-15-13(18)12(17)9-3-2-8-4-7(6-16)5-10(8)11(9)14/h2-3,5-6,12,17H,4H2,1H3,(H,15,18). The van der Waals surface area contributed by atoms with Crippen molar-refractivity contribution in [3.63, 3.8) is 0 Å².